The molecule has 1 aliphatic carbocycles. The van der Waals surface area contributed by atoms with Crippen molar-refractivity contribution in [1.82, 2.24) is 10.2 Å². The number of aromatic nitrogens is 2. The highest BCUT2D eigenvalue weighted by Crippen LogP contribution is 2.33. The van der Waals surface area contributed by atoms with Crippen molar-refractivity contribution in [3.63, 3.8) is 0 Å². The second kappa shape index (κ2) is 7.41. The largest absolute Gasteiger partial charge is 0.423 e. The van der Waals surface area contributed by atoms with Crippen LogP contribution in [0.3, 0.4) is 0 Å². The van der Waals surface area contributed by atoms with E-state index in [0.717, 1.165) is 38.9 Å². The van der Waals surface area contributed by atoms with Crippen LogP contribution in [0.1, 0.15) is 23.1 Å². The Kier molecular flexibility index (Phi) is 4.62. The second-order valence-electron chi connectivity index (χ2n) is 6.71. The Morgan fingerprint density at radius 2 is 1.89 bits per heavy atom. The highest BCUT2D eigenvalue weighted by molar-refractivity contribution is 8.00. The first-order valence-corrected chi connectivity index (χ1v) is 10.9. The fourth-order valence-corrected chi connectivity index (χ4v) is 5.28. The van der Waals surface area contributed by atoms with Gasteiger partial charge >= 0.3 is 5.63 Å². The number of nitrogens with zero attached hydrogens (tertiary/aromatic N) is 2. The van der Waals surface area contributed by atoms with E-state index in [1.165, 1.54) is 28.9 Å². The number of benzene rings is 2. The number of anilines is 2. The number of hydrogen-bond acceptors (Lipinski definition) is 7. The maximum atomic E-state index is 12.0. The van der Waals surface area contributed by atoms with Crippen LogP contribution in [0.2, 0.25) is 0 Å². The third-order valence-corrected chi connectivity index (χ3v) is 6.85. The molecule has 7 heteroatoms. The average Bonchev–Trinajstić information content (AvgIpc) is 3.34. The van der Waals surface area contributed by atoms with Gasteiger partial charge in [0, 0.05) is 22.9 Å². The third-order valence-electron chi connectivity index (χ3n) is 4.83. The van der Waals surface area contributed by atoms with Crippen LogP contribution in [0.15, 0.2) is 62.1 Å². The summed E-state index contributed by atoms with van der Waals surface area (Å²) >= 11 is 3.09. The minimum Gasteiger partial charge on any atom is -0.423 e. The third kappa shape index (κ3) is 3.55. The van der Waals surface area contributed by atoms with Gasteiger partial charge in [-0.2, -0.15) is 0 Å². The first-order chi connectivity index (χ1) is 13.7. The lowest BCUT2D eigenvalue weighted by Crippen LogP contribution is -2.00. The predicted octanol–water partition coefficient (Wildman–Crippen LogP) is 5.17. The summed E-state index contributed by atoms with van der Waals surface area (Å²) in [5.74, 6) is 0.654. The molecule has 28 heavy (non-hydrogen) atoms. The molecule has 0 atom stereocenters. The van der Waals surface area contributed by atoms with Crippen molar-refractivity contribution < 1.29 is 4.42 Å². The van der Waals surface area contributed by atoms with E-state index in [1.807, 2.05) is 36.4 Å². The molecule has 0 amide bonds. The fourth-order valence-electron chi connectivity index (χ4n) is 3.52. The van der Waals surface area contributed by atoms with Crippen LogP contribution >= 0.6 is 23.1 Å². The maximum absolute atomic E-state index is 12.0. The number of rotatable bonds is 5. The zero-order valence-corrected chi connectivity index (χ0v) is 16.6. The zero-order chi connectivity index (χ0) is 18.9. The molecule has 0 bridgehead atoms. The highest BCUT2D eigenvalue weighted by atomic mass is 32.2. The summed E-state index contributed by atoms with van der Waals surface area (Å²) in [6, 6.07) is 15.7. The molecule has 1 N–H and O–H groups in total. The molecular weight excluding hydrogens is 390 g/mol. The number of para-hydroxylation sites is 1. The number of hydrogen-bond donors (Lipinski definition) is 1. The second-order valence-corrected chi connectivity index (χ2v) is 8.91. The van der Waals surface area contributed by atoms with Gasteiger partial charge in [-0.1, -0.05) is 41.3 Å². The highest BCUT2D eigenvalue weighted by Gasteiger charge is 2.16. The van der Waals surface area contributed by atoms with E-state index in [2.05, 4.69) is 21.6 Å². The van der Waals surface area contributed by atoms with Gasteiger partial charge in [0.05, 0.1) is 0 Å². The van der Waals surface area contributed by atoms with Gasteiger partial charge in [-0.15, -0.1) is 10.2 Å². The summed E-state index contributed by atoms with van der Waals surface area (Å²) in [5.41, 5.74) is 5.03. The molecule has 140 valence electrons. The van der Waals surface area contributed by atoms with E-state index in [9.17, 15) is 4.79 Å². The monoisotopic (exact) mass is 407 g/mol. The molecule has 0 radical (unpaired) electrons. The van der Waals surface area contributed by atoms with Crippen LogP contribution in [-0.4, -0.2) is 10.2 Å². The number of aryl methyl sites for hydroxylation is 2. The molecule has 0 aliphatic heterocycles. The van der Waals surface area contributed by atoms with Gasteiger partial charge in [0.1, 0.15) is 5.58 Å². The minimum absolute atomic E-state index is 0.301. The van der Waals surface area contributed by atoms with Crippen LogP contribution in [-0.2, 0) is 18.6 Å². The molecule has 2 aromatic carbocycles. The number of fused-ring (bicyclic) bond motifs is 2. The summed E-state index contributed by atoms with van der Waals surface area (Å²) < 4.78 is 6.31. The van der Waals surface area contributed by atoms with E-state index in [4.69, 9.17) is 4.42 Å². The van der Waals surface area contributed by atoms with E-state index in [1.54, 1.807) is 17.8 Å². The summed E-state index contributed by atoms with van der Waals surface area (Å²) in [7, 11) is 0. The molecule has 4 aromatic rings. The van der Waals surface area contributed by atoms with Gasteiger partial charge in [-0.25, -0.2) is 4.79 Å². The molecule has 0 unspecified atom stereocenters. The van der Waals surface area contributed by atoms with E-state index in [-0.39, 0.29) is 5.63 Å². The molecule has 0 fully saturated rings. The molecule has 1 aliphatic rings. The molecule has 0 spiro atoms. The summed E-state index contributed by atoms with van der Waals surface area (Å²) in [4.78, 5) is 12.0. The topological polar surface area (TPSA) is 68.0 Å². The Labute approximate surface area is 169 Å². The number of thioether (sulfide) groups is 1. The van der Waals surface area contributed by atoms with Crippen LogP contribution in [0.4, 0.5) is 10.8 Å². The Balaban J connectivity index is 1.37. The smallest absolute Gasteiger partial charge is 0.336 e. The number of nitrogens with one attached hydrogen (secondary N) is 1. The first-order valence-electron chi connectivity index (χ1n) is 9.11. The van der Waals surface area contributed by atoms with Crippen molar-refractivity contribution in [2.75, 3.05) is 5.32 Å². The van der Waals surface area contributed by atoms with Crippen LogP contribution in [0.5, 0.6) is 0 Å². The van der Waals surface area contributed by atoms with Crippen molar-refractivity contribution in [3.8, 4) is 0 Å². The fraction of sp³-hybridized carbons (Fsp3) is 0.190. The lowest BCUT2D eigenvalue weighted by atomic mass is 10.0. The molecule has 5 nitrogen and oxygen atoms in total. The maximum Gasteiger partial charge on any atom is 0.336 e. The Morgan fingerprint density at radius 3 is 2.75 bits per heavy atom. The van der Waals surface area contributed by atoms with Crippen LogP contribution < -0.4 is 10.9 Å². The van der Waals surface area contributed by atoms with Crippen molar-refractivity contribution >= 4 is 44.9 Å². The van der Waals surface area contributed by atoms with Crippen molar-refractivity contribution in [3.05, 3.63) is 75.6 Å². The SMILES string of the molecule is O=c1cc(CSc2nnc(Nc3ccccc3)s2)c2cc3c(cc2o1)CCC3. The molecule has 0 saturated heterocycles. The lowest BCUT2D eigenvalue weighted by molar-refractivity contribution is 0.559. The van der Waals surface area contributed by atoms with Gasteiger partial charge in [0.25, 0.3) is 0 Å². The van der Waals surface area contributed by atoms with E-state index in [0.29, 0.717) is 11.3 Å². The van der Waals surface area contributed by atoms with Gasteiger partial charge in [-0.3, -0.25) is 0 Å². The Bertz CT molecular complexity index is 1200. The van der Waals surface area contributed by atoms with Gasteiger partial charge < -0.3 is 9.73 Å². The zero-order valence-electron chi connectivity index (χ0n) is 15.0. The first kappa shape index (κ1) is 17.5. The van der Waals surface area contributed by atoms with Crippen molar-refractivity contribution in [1.29, 1.82) is 0 Å². The minimum atomic E-state index is -0.301. The van der Waals surface area contributed by atoms with Gasteiger partial charge in [-0.05, 0) is 60.2 Å². The normalized spacial score (nSPS) is 13.0. The summed E-state index contributed by atoms with van der Waals surface area (Å²) in [6.07, 6.45) is 3.33. The summed E-state index contributed by atoms with van der Waals surface area (Å²) in [6.45, 7) is 0. The van der Waals surface area contributed by atoms with Gasteiger partial charge in [0.15, 0.2) is 4.34 Å². The predicted molar refractivity (Wildman–Crippen MR) is 114 cm³/mol. The van der Waals surface area contributed by atoms with Crippen LogP contribution in [0.25, 0.3) is 11.0 Å². The standard InChI is InChI=1S/C21H17N3O2S2/c25-19-11-15(17-9-13-5-4-6-14(13)10-18(17)26-19)12-27-21-24-23-20(28-21)22-16-7-2-1-3-8-16/h1-3,7-11H,4-6,12H2,(H,22,23). The van der Waals surface area contributed by atoms with E-state index >= 15 is 0 Å². The Morgan fingerprint density at radius 1 is 1.07 bits per heavy atom. The molecule has 2 heterocycles. The molecule has 0 saturated carbocycles. The lowest BCUT2D eigenvalue weighted by Gasteiger charge is -2.07. The van der Waals surface area contributed by atoms with Gasteiger partial charge in [0.2, 0.25) is 5.13 Å². The average molecular weight is 408 g/mol. The van der Waals surface area contributed by atoms with E-state index < -0.39 is 0 Å². The molecule has 5 rings (SSSR count). The Hall–Kier alpha value is -2.64. The van der Waals surface area contributed by atoms with Crippen LogP contribution in [0, 0.1) is 0 Å². The molecule has 2 aromatic heterocycles. The van der Waals surface area contributed by atoms with Crippen molar-refractivity contribution in [2.24, 2.45) is 0 Å². The van der Waals surface area contributed by atoms with Crippen molar-refractivity contribution in [2.45, 2.75) is 29.4 Å². The molecular formula is C21H17N3O2S2. The summed E-state index contributed by atoms with van der Waals surface area (Å²) in [5, 5.41) is 13.5. The quantitative estimate of drug-likeness (QED) is 0.364.